The first kappa shape index (κ1) is 44.7. The number of nitrogens with zero attached hydrogens (tertiary/aromatic N) is 2. The molecule has 0 spiro atoms. The summed E-state index contributed by atoms with van der Waals surface area (Å²) in [6, 6.07) is 8.64. The van der Waals surface area contributed by atoms with E-state index in [1.54, 1.807) is 86.6 Å². The number of carbonyl (C=O) groups excluding carboxylic acids is 4. The Balaban J connectivity index is 1.35. The van der Waals surface area contributed by atoms with Gasteiger partial charge in [0.1, 0.15) is 33.9 Å². The normalized spacial score (nSPS) is 22.8. The van der Waals surface area contributed by atoms with Crippen LogP contribution in [0.4, 0.5) is 15.4 Å². The number of pyridine rings is 1. The van der Waals surface area contributed by atoms with Gasteiger partial charge in [0.25, 0.3) is 0 Å². The molecular weight excluding hydrogens is 743 g/mol. The van der Waals surface area contributed by atoms with E-state index in [1.165, 1.54) is 18.2 Å². The summed E-state index contributed by atoms with van der Waals surface area (Å²) in [5.41, 5.74) is -0.995. The highest BCUT2D eigenvalue weighted by Gasteiger charge is 2.68. The molecule has 1 saturated heterocycles. The SMILES string of the molecule is COc1c(C[C@H](NC(=O)Cc2ccc(N(CCNC(=O)OC(C)(C)C)C(=O)OC(C)(C)C)nc2)B2OC3CC4CC(C4(C)C)C3(C)O2)cccc1C(=O)OC(C)(C)C. The predicted molar refractivity (Wildman–Crippen MR) is 220 cm³/mol. The molecule has 318 valence electrons. The Morgan fingerprint density at radius 1 is 0.931 bits per heavy atom. The van der Waals surface area contributed by atoms with Crippen molar-refractivity contribution in [1.29, 1.82) is 0 Å². The van der Waals surface area contributed by atoms with E-state index in [2.05, 4.69) is 36.4 Å². The van der Waals surface area contributed by atoms with Crippen LogP contribution in [0.25, 0.3) is 0 Å². The summed E-state index contributed by atoms with van der Waals surface area (Å²) in [6.45, 7) is 22.8. The minimum absolute atomic E-state index is 0.0311. The highest BCUT2D eigenvalue weighted by Crippen LogP contribution is 2.65. The summed E-state index contributed by atoms with van der Waals surface area (Å²) in [5.74, 6) is 0.0316. The minimum atomic E-state index is -0.776. The van der Waals surface area contributed by atoms with Crippen molar-refractivity contribution in [2.45, 2.75) is 143 Å². The summed E-state index contributed by atoms with van der Waals surface area (Å²) in [7, 11) is 0.743. The van der Waals surface area contributed by atoms with Crippen molar-refractivity contribution >= 4 is 37.0 Å². The minimum Gasteiger partial charge on any atom is -0.496 e. The zero-order valence-corrected chi connectivity index (χ0v) is 36.6. The lowest BCUT2D eigenvalue weighted by Crippen LogP contribution is -2.65. The number of ether oxygens (including phenoxy) is 4. The fourth-order valence-corrected chi connectivity index (χ4v) is 8.33. The molecular formula is C43H63BN4O10. The summed E-state index contributed by atoms with van der Waals surface area (Å²) in [5, 5.41) is 5.84. The van der Waals surface area contributed by atoms with Crippen molar-refractivity contribution in [1.82, 2.24) is 15.6 Å². The molecule has 2 aromatic rings. The number of benzene rings is 1. The molecule has 4 aliphatic rings. The standard InChI is InChI=1S/C43H63BN4O10/c1-39(2,3)54-36(50)29-16-14-15-27(35(29)53-13)22-32(44-57-31-24-28-23-30(42(28,10)11)43(31,12)58-44)47-34(49)21-26-17-18-33(46-25-26)48(38(52)56-41(7,8)9)20-19-45-37(51)55-40(4,5)6/h14-18,25,28,30-32H,19-24H2,1-13H3,(H,45,51)(H,47,49)/t28?,30?,31?,32-,43?/m0/s1. The molecule has 3 amide bonds. The van der Waals surface area contributed by atoms with Crippen LogP contribution in [0.15, 0.2) is 36.5 Å². The highest BCUT2D eigenvalue weighted by molar-refractivity contribution is 6.48. The molecule has 2 N–H and O–H groups in total. The summed E-state index contributed by atoms with van der Waals surface area (Å²) in [4.78, 5) is 58.5. The number of amides is 3. The maximum Gasteiger partial charge on any atom is 0.482 e. The number of hydrogen-bond acceptors (Lipinski definition) is 11. The third kappa shape index (κ3) is 10.6. The number of anilines is 1. The maximum absolute atomic E-state index is 13.9. The molecule has 2 heterocycles. The van der Waals surface area contributed by atoms with Gasteiger partial charge in [0.2, 0.25) is 5.91 Å². The van der Waals surface area contributed by atoms with Gasteiger partial charge in [0.15, 0.2) is 0 Å². The molecule has 6 rings (SSSR count). The van der Waals surface area contributed by atoms with Crippen molar-refractivity contribution in [3.8, 4) is 5.75 Å². The molecule has 5 atom stereocenters. The van der Waals surface area contributed by atoms with E-state index in [9.17, 15) is 19.2 Å². The Kier molecular flexibility index (Phi) is 12.9. The Bertz CT molecular complexity index is 1830. The molecule has 4 fully saturated rings. The van der Waals surface area contributed by atoms with E-state index in [1.807, 2.05) is 6.07 Å². The molecule has 14 nitrogen and oxygen atoms in total. The average molecular weight is 807 g/mol. The first-order valence-electron chi connectivity index (χ1n) is 20.2. The zero-order chi connectivity index (χ0) is 43.0. The largest absolute Gasteiger partial charge is 0.496 e. The van der Waals surface area contributed by atoms with Crippen LogP contribution in [-0.2, 0) is 41.2 Å². The number of alkyl carbamates (subject to hydrolysis) is 1. The molecule has 58 heavy (non-hydrogen) atoms. The van der Waals surface area contributed by atoms with E-state index < -0.39 is 53.6 Å². The third-order valence-electron chi connectivity index (χ3n) is 11.1. The number of hydrogen-bond donors (Lipinski definition) is 2. The van der Waals surface area contributed by atoms with Gasteiger partial charge < -0.3 is 38.9 Å². The van der Waals surface area contributed by atoms with Crippen LogP contribution in [0.1, 0.15) is 117 Å². The number of methoxy groups -OCH3 is 1. The van der Waals surface area contributed by atoms with Gasteiger partial charge in [0, 0.05) is 19.3 Å². The van der Waals surface area contributed by atoms with E-state index in [0.29, 0.717) is 28.7 Å². The Morgan fingerprint density at radius 2 is 1.60 bits per heavy atom. The zero-order valence-electron chi connectivity index (χ0n) is 36.6. The lowest BCUT2D eigenvalue weighted by molar-refractivity contribution is -0.199. The van der Waals surface area contributed by atoms with E-state index in [0.717, 1.165) is 12.8 Å². The molecule has 3 saturated carbocycles. The molecule has 2 bridgehead atoms. The van der Waals surface area contributed by atoms with Crippen LogP contribution >= 0.6 is 0 Å². The van der Waals surface area contributed by atoms with Crippen molar-refractivity contribution < 1.29 is 47.4 Å². The molecule has 4 unspecified atom stereocenters. The van der Waals surface area contributed by atoms with Crippen LogP contribution in [0.5, 0.6) is 5.75 Å². The van der Waals surface area contributed by atoms with Crippen LogP contribution < -0.4 is 20.3 Å². The average Bonchev–Trinajstić information content (AvgIpc) is 3.45. The third-order valence-corrected chi connectivity index (χ3v) is 11.1. The molecule has 0 radical (unpaired) electrons. The highest BCUT2D eigenvalue weighted by atomic mass is 16.7. The number of esters is 1. The van der Waals surface area contributed by atoms with Crippen LogP contribution in [0.3, 0.4) is 0 Å². The monoisotopic (exact) mass is 806 g/mol. The second-order valence-corrected chi connectivity index (χ2v) is 19.5. The van der Waals surface area contributed by atoms with Gasteiger partial charge in [0.05, 0.1) is 31.2 Å². The molecule has 15 heteroatoms. The number of nitrogens with one attached hydrogen (secondary N) is 2. The second kappa shape index (κ2) is 16.7. The van der Waals surface area contributed by atoms with Gasteiger partial charge in [-0.05, 0) is 129 Å². The Labute approximate surface area is 343 Å². The summed E-state index contributed by atoms with van der Waals surface area (Å²) >= 11 is 0. The van der Waals surface area contributed by atoms with Crippen molar-refractivity contribution in [2.24, 2.45) is 17.3 Å². The number of aromatic nitrogens is 1. The van der Waals surface area contributed by atoms with Crippen LogP contribution in [0.2, 0.25) is 0 Å². The van der Waals surface area contributed by atoms with E-state index >= 15 is 0 Å². The van der Waals surface area contributed by atoms with Gasteiger partial charge in [-0.1, -0.05) is 32.0 Å². The number of rotatable bonds is 12. The number of para-hydroxylation sites is 1. The van der Waals surface area contributed by atoms with Crippen molar-refractivity contribution in [2.75, 3.05) is 25.1 Å². The lowest BCUT2D eigenvalue weighted by atomic mass is 9.43. The quantitative estimate of drug-likeness (QED) is 0.131. The van der Waals surface area contributed by atoms with E-state index in [4.69, 9.17) is 28.3 Å². The van der Waals surface area contributed by atoms with Gasteiger partial charge in [-0.15, -0.1) is 0 Å². The Morgan fingerprint density at radius 3 is 2.19 bits per heavy atom. The summed E-state index contributed by atoms with van der Waals surface area (Å²) in [6.07, 6.45) is 2.33. The van der Waals surface area contributed by atoms with Crippen LogP contribution in [0, 0.1) is 17.3 Å². The maximum atomic E-state index is 13.9. The molecule has 1 aliphatic heterocycles. The smallest absolute Gasteiger partial charge is 0.482 e. The lowest BCUT2D eigenvalue weighted by Gasteiger charge is -2.64. The molecule has 1 aromatic heterocycles. The molecule has 1 aromatic carbocycles. The predicted octanol–water partition coefficient (Wildman–Crippen LogP) is 6.85. The first-order valence-corrected chi connectivity index (χ1v) is 20.2. The fourth-order valence-electron chi connectivity index (χ4n) is 8.33. The topological polar surface area (TPSA) is 164 Å². The Hall–Kier alpha value is -4.37. The van der Waals surface area contributed by atoms with Gasteiger partial charge in [-0.3, -0.25) is 9.69 Å². The van der Waals surface area contributed by atoms with Gasteiger partial charge in [-0.2, -0.15) is 0 Å². The fraction of sp³-hybridized carbons (Fsp3) is 0.651. The van der Waals surface area contributed by atoms with Crippen molar-refractivity contribution in [3.63, 3.8) is 0 Å². The summed E-state index contributed by atoms with van der Waals surface area (Å²) < 4.78 is 35.9. The van der Waals surface area contributed by atoms with Gasteiger partial charge in [-0.25, -0.2) is 19.4 Å². The second-order valence-electron chi connectivity index (χ2n) is 19.5. The van der Waals surface area contributed by atoms with Crippen molar-refractivity contribution in [3.05, 3.63) is 53.2 Å². The van der Waals surface area contributed by atoms with Gasteiger partial charge >= 0.3 is 25.3 Å². The van der Waals surface area contributed by atoms with Crippen LogP contribution in [-0.4, -0.2) is 90.8 Å². The van der Waals surface area contributed by atoms with E-state index in [-0.39, 0.29) is 54.7 Å². The first-order chi connectivity index (χ1) is 26.8. The number of carbonyl (C=O) groups is 4. The molecule has 3 aliphatic carbocycles.